The van der Waals surface area contributed by atoms with Crippen molar-refractivity contribution in [3.05, 3.63) is 48.0 Å². The second-order valence-electron chi connectivity index (χ2n) is 5.45. The molecule has 0 spiro atoms. The lowest BCUT2D eigenvalue weighted by Crippen LogP contribution is -2.38. The molecule has 20 heavy (non-hydrogen) atoms. The molecule has 1 saturated heterocycles. The molecule has 2 N–H and O–H groups in total. The maximum Gasteiger partial charge on any atom is 0.251 e. The molecule has 3 nitrogen and oxygen atoms in total. The number of hydrogen-bond acceptors (Lipinski definition) is 2. The summed E-state index contributed by atoms with van der Waals surface area (Å²) in [7, 11) is 0. The smallest absolute Gasteiger partial charge is 0.251 e. The molecule has 0 aromatic heterocycles. The average Bonchev–Trinajstić information content (AvgIpc) is 2.53. The minimum absolute atomic E-state index is 0.0346. The molecular formula is C17H20N2O. The number of benzene rings is 2. The number of hydrogen-bond donors (Lipinski definition) is 2. The molecule has 0 radical (unpaired) electrons. The van der Waals surface area contributed by atoms with Crippen molar-refractivity contribution in [1.29, 1.82) is 0 Å². The summed E-state index contributed by atoms with van der Waals surface area (Å²) in [5.41, 5.74) is 0.770. The summed E-state index contributed by atoms with van der Waals surface area (Å²) < 4.78 is 0. The van der Waals surface area contributed by atoms with Crippen LogP contribution in [-0.4, -0.2) is 25.5 Å². The van der Waals surface area contributed by atoms with Gasteiger partial charge in [-0.05, 0) is 48.7 Å². The predicted octanol–water partition coefficient (Wildman–Crippen LogP) is 2.57. The van der Waals surface area contributed by atoms with E-state index in [0.29, 0.717) is 5.92 Å². The Hall–Kier alpha value is -1.87. The molecule has 1 heterocycles. The highest BCUT2D eigenvalue weighted by atomic mass is 16.1. The van der Waals surface area contributed by atoms with Gasteiger partial charge in [0.2, 0.25) is 0 Å². The average molecular weight is 268 g/mol. The number of nitrogens with one attached hydrogen (secondary N) is 2. The first-order valence-electron chi connectivity index (χ1n) is 7.31. The van der Waals surface area contributed by atoms with Crippen LogP contribution in [0.3, 0.4) is 0 Å². The minimum atomic E-state index is 0.0346. The SMILES string of the molecule is O=C(NCC1CCCNC1)c1cccc2ccccc12. The summed E-state index contributed by atoms with van der Waals surface area (Å²) in [5.74, 6) is 0.593. The van der Waals surface area contributed by atoms with Gasteiger partial charge in [-0.15, -0.1) is 0 Å². The Morgan fingerprint density at radius 1 is 1.20 bits per heavy atom. The van der Waals surface area contributed by atoms with Crippen LogP contribution in [0.15, 0.2) is 42.5 Å². The summed E-state index contributed by atoms with van der Waals surface area (Å²) in [6.45, 7) is 2.87. The number of amides is 1. The molecule has 1 aliphatic rings. The Labute approximate surface area is 119 Å². The third kappa shape index (κ3) is 2.83. The molecule has 104 valence electrons. The predicted molar refractivity (Wildman–Crippen MR) is 81.9 cm³/mol. The molecular weight excluding hydrogens is 248 g/mol. The van der Waals surface area contributed by atoms with Crippen LogP contribution in [0.1, 0.15) is 23.2 Å². The lowest BCUT2D eigenvalue weighted by Gasteiger charge is -2.23. The van der Waals surface area contributed by atoms with Gasteiger partial charge in [0.1, 0.15) is 0 Å². The molecule has 2 aromatic rings. The highest BCUT2D eigenvalue weighted by molar-refractivity contribution is 6.06. The van der Waals surface area contributed by atoms with E-state index in [4.69, 9.17) is 0 Å². The fourth-order valence-corrected chi connectivity index (χ4v) is 2.85. The van der Waals surface area contributed by atoms with Gasteiger partial charge in [0.05, 0.1) is 0 Å². The first-order chi connectivity index (χ1) is 9.84. The van der Waals surface area contributed by atoms with Gasteiger partial charge < -0.3 is 10.6 Å². The normalized spacial score (nSPS) is 18.9. The Bertz CT molecular complexity index is 597. The van der Waals surface area contributed by atoms with Gasteiger partial charge in [-0.2, -0.15) is 0 Å². The van der Waals surface area contributed by atoms with Crippen LogP contribution >= 0.6 is 0 Å². The van der Waals surface area contributed by atoms with Crippen molar-refractivity contribution in [2.45, 2.75) is 12.8 Å². The molecule has 1 aliphatic heterocycles. The maximum atomic E-state index is 12.4. The van der Waals surface area contributed by atoms with E-state index < -0.39 is 0 Å². The standard InChI is InChI=1S/C17H20N2O/c20-17(19-12-13-5-4-10-18-11-13)16-9-3-7-14-6-1-2-8-15(14)16/h1-3,6-9,13,18H,4-5,10-12H2,(H,19,20). The summed E-state index contributed by atoms with van der Waals surface area (Å²) in [6, 6.07) is 13.9. The number of rotatable bonds is 3. The van der Waals surface area contributed by atoms with Crippen molar-refractivity contribution in [2.75, 3.05) is 19.6 Å². The van der Waals surface area contributed by atoms with E-state index in [2.05, 4.69) is 10.6 Å². The zero-order valence-corrected chi connectivity index (χ0v) is 11.6. The van der Waals surface area contributed by atoms with Crippen molar-refractivity contribution in [3.8, 4) is 0 Å². The van der Waals surface area contributed by atoms with E-state index in [1.807, 2.05) is 42.5 Å². The van der Waals surface area contributed by atoms with Gasteiger partial charge in [-0.1, -0.05) is 36.4 Å². The molecule has 1 fully saturated rings. The second-order valence-corrected chi connectivity index (χ2v) is 5.45. The van der Waals surface area contributed by atoms with Gasteiger partial charge >= 0.3 is 0 Å². The largest absolute Gasteiger partial charge is 0.352 e. The van der Waals surface area contributed by atoms with Crippen LogP contribution < -0.4 is 10.6 Å². The van der Waals surface area contributed by atoms with Gasteiger partial charge in [0, 0.05) is 12.1 Å². The number of fused-ring (bicyclic) bond motifs is 1. The minimum Gasteiger partial charge on any atom is -0.352 e. The molecule has 0 bridgehead atoms. The van der Waals surface area contributed by atoms with Crippen molar-refractivity contribution >= 4 is 16.7 Å². The molecule has 3 heteroatoms. The van der Waals surface area contributed by atoms with Gasteiger partial charge in [-0.25, -0.2) is 0 Å². The van der Waals surface area contributed by atoms with Gasteiger partial charge in [0.25, 0.3) is 5.91 Å². The summed E-state index contributed by atoms with van der Waals surface area (Å²) in [5, 5.41) is 8.59. The maximum absolute atomic E-state index is 12.4. The molecule has 0 saturated carbocycles. The number of carbonyl (C=O) groups is 1. The number of piperidine rings is 1. The highest BCUT2D eigenvalue weighted by Gasteiger charge is 2.15. The second kappa shape index (κ2) is 6.06. The van der Waals surface area contributed by atoms with Crippen LogP contribution in [0, 0.1) is 5.92 Å². The molecule has 1 unspecified atom stereocenters. The monoisotopic (exact) mass is 268 g/mol. The first-order valence-corrected chi connectivity index (χ1v) is 7.31. The van der Waals surface area contributed by atoms with Crippen molar-refractivity contribution < 1.29 is 4.79 Å². The molecule has 2 aromatic carbocycles. The van der Waals surface area contributed by atoms with Crippen LogP contribution in [0.25, 0.3) is 10.8 Å². The van der Waals surface area contributed by atoms with E-state index in [-0.39, 0.29) is 5.91 Å². The Balaban J connectivity index is 1.72. The lowest BCUT2D eigenvalue weighted by molar-refractivity contribution is 0.0946. The van der Waals surface area contributed by atoms with E-state index in [9.17, 15) is 4.79 Å². The van der Waals surface area contributed by atoms with Gasteiger partial charge in [-0.3, -0.25) is 4.79 Å². The van der Waals surface area contributed by atoms with E-state index >= 15 is 0 Å². The Morgan fingerprint density at radius 2 is 2.05 bits per heavy atom. The van der Waals surface area contributed by atoms with Crippen LogP contribution in [-0.2, 0) is 0 Å². The van der Waals surface area contributed by atoms with E-state index in [1.54, 1.807) is 0 Å². The van der Waals surface area contributed by atoms with E-state index in [1.165, 1.54) is 12.8 Å². The zero-order valence-electron chi connectivity index (χ0n) is 11.6. The molecule has 0 aliphatic carbocycles. The Morgan fingerprint density at radius 3 is 2.90 bits per heavy atom. The Kier molecular flexibility index (Phi) is 3.97. The van der Waals surface area contributed by atoms with Crippen LogP contribution in [0.2, 0.25) is 0 Å². The number of carbonyl (C=O) groups excluding carboxylic acids is 1. The highest BCUT2D eigenvalue weighted by Crippen LogP contribution is 2.18. The first kappa shape index (κ1) is 13.1. The fraction of sp³-hybridized carbons (Fsp3) is 0.353. The summed E-state index contributed by atoms with van der Waals surface area (Å²) >= 11 is 0. The van der Waals surface area contributed by atoms with Crippen molar-refractivity contribution in [1.82, 2.24) is 10.6 Å². The van der Waals surface area contributed by atoms with E-state index in [0.717, 1.165) is 36.0 Å². The third-order valence-corrected chi connectivity index (χ3v) is 3.98. The topological polar surface area (TPSA) is 41.1 Å². The van der Waals surface area contributed by atoms with Gasteiger partial charge in [0.15, 0.2) is 0 Å². The fourth-order valence-electron chi connectivity index (χ4n) is 2.85. The quantitative estimate of drug-likeness (QED) is 0.898. The molecule has 1 amide bonds. The third-order valence-electron chi connectivity index (χ3n) is 3.98. The van der Waals surface area contributed by atoms with Crippen LogP contribution in [0.5, 0.6) is 0 Å². The molecule has 1 atom stereocenters. The van der Waals surface area contributed by atoms with Crippen LogP contribution in [0.4, 0.5) is 0 Å². The zero-order chi connectivity index (χ0) is 13.8. The van der Waals surface area contributed by atoms with Crippen molar-refractivity contribution in [3.63, 3.8) is 0 Å². The summed E-state index contributed by atoms with van der Waals surface area (Å²) in [6.07, 6.45) is 2.40. The summed E-state index contributed by atoms with van der Waals surface area (Å²) in [4.78, 5) is 12.4. The lowest BCUT2D eigenvalue weighted by atomic mass is 9.99. The molecule has 3 rings (SSSR count). The van der Waals surface area contributed by atoms with Crippen molar-refractivity contribution in [2.24, 2.45) is 5.92 Å².